The van der Waals surface area contributed by atoms with Crippen LogP contribution in [0.4, 0.5) is 5.95 Å². The Morgan fingerprint density at radius 1 is 1.10 bits per heavy atom. The van der Waals surface area contributed by atoms with Crippen molar-refractivity contribution in [1.29, 1.82) is 0 Å². The van der Waals surface area contributed by atoms with E-state index >= 15 is 0 Å². The number of anilines is 1. The third kappa shape index (κ3) is 4.62. The van der Waals surface area contributed by atoms with E-state index in [9.17, 15) is 9.59 Å². The largest absolute Gasteiger partial charge is 0.497 e. The molecule has 0 spiro atoms. The predicted molar refractivity (Wildman–Crippen MR) is 118 cm³/mol. The first kappa shape index (κ1) is 21.4. The number of nitrogens with zero attached hydrogens (tertiary/aromatic N) is 2. The van der Waals surface area contributed by atoms with Crippen LogP contribution in [0.5, 0.6) is 5.75 Å². The molecule has 0 radical (unpaired) electrons. The smallest absolute Gasteiger partial charge is 0.251 e. The lowest BCUT2D eigenvalue weighted by molar-refractivity contribution is -0.119. The summed E-state index contributed by atoms with van der Waals surface area (Å²) < 4.78 is 7.12. The molecule has 7 nitrogen and oxygen atoms in total. The van der Waals surface area contributed by atoms with Crippen LogP contribution in [0.1, 0.15) is 37.6 Å². The molecule has 2 N–H and O–H groups in total. The number of carbonyl (C=O) groups is 2. The minimum Gasteiger partial charge on any atom is -0.497 e. The van der Waals surface area contributed by atoms with Gasteiger partial charge in [0, 0.05) is 12.1 Å². The van der Waals surface area contributed by atoms with Crippen molar-refractivity contribution < 1.29 is 14.3 Å². The molecule has 2 amide bonds. The second kappa shape index (κ2) is 9.43. The minimum atomic E-state index is -0.700. The first-order chi connectivity index (χ1) is 14.4. The number of para-hydroxylation sites is 2. The van der Waals surface area contributed by atoms with E-state index in [1.165, 1.54) is 0 Å². The number of aromatic nitrogens is 2. The Bertz CT molecular complexity index is 1020. The van der Waals surface area contributed by atoms with Gasteiger partial charge in [0.25, 0.3) is 5.91 Å². The van der Waals surface area contributed by atoms with E-state index in [2.05, 4.69) is 22.5 Å². The third-order valence-corrected chi connectivity index (χ3v) is 4.92. The van der Waals surface area contributed by atoms with Crippen LogP contribution >= 0.6 is 0 Å². The maximum Gasteiger partial charge on any atom is 0.251 e. The summed E-state index contributed by atoms with van der Waals surface area (Å²) in [5, 5.41) is 5.77. The standard InChI is InChI=1S/C23H28N4O3/c1-5-14-27-19-9-7-6-8-18(19)24-23(27)26-22(29)20(15(2)3)25-21(28)16-10-12-17(30-4)13-11-16/h6-13,15,20H,5,14H2,1-4H3,(H,25,28)(H,24,26,29)/t20-/m1/s1. The number of methoxy groups -OCH3 is 1. The van der Waals surface area contributed by atoms with Crippen molar-refractivity contribution in [2.45, 2.75) is 39.8 Å². The van der Waals surface area contributed by atoms with Gasteiger partial charge < -0.3 is 14.6 Å². The number of benzene rings is 2. The van der Waals surface area contributed by atoms with Gasteiger partial charge in [0.1, 0.15) is 11.8 Å². The average molecular weight is 409 g/mol. The topological polar surface area (TPSA) is 85.2 Å². The molecule has 1 aromatic heterocycles. The number of hydrogen-bond donors (Lipinski definition) is 2. The molecule has 0 fully saturated rings. The SMILES string of the molecule is CCCn1c(NC(=O)[C@H](NC(=O)c2ccc(OC)cc2)C(C)C)nc2ccccc21. The number of aryl methyl sites for hydroxylation is 1. The molecule has 1 heterocycles. The normalized spacial score (nSPS) is 12.0. The maximum absolute atomic E-state index is 13.1. The van der Waals surface area contributed by atoms with Crippen molar-refractivity contribution in [3.05, 3.63) is 54.1 Å². The zero-order chi connectivity index (χ0) is 21.7. The molecular formula is C23H28N4O3. The van der Waals surface area contributed by atoms with Crippen molar-refractivity contribution in [2.75, 3.05) is 12.4 Å². The fraction of sp³-hybridized carbons (Fsp3) is 0.348. The number of carbonyl (C=O) groups excluding carboxylic acids is 2. The zero-order valence-electron chi connectivity index (χ0n) is 17.8. The lowest BCUT2D eigenvalue weighted by Gasteiger charge is -2.22. The number of nitrogens with one attached hydrogen (secondary N) is 2. The Hall–Kier alpha value is -3.35. The van der Waals surface area contributed by atoms with Crippen molar-refractivity contribution >= 4 is 28.8 Å². The van der Waals surface area contributed by atoms with E-state index in [0.29, 0.717) is 17.3 Å². The molecule has 30 heavy (non-hydrogen) atoms. The molecule has 2 aromatic carbocycles. The monoisotopic (exact) mass is 408 g/mol. The van der Waals surface area contributed by atoms with Crippen LogP contribution < -0.4 is 15.4 Å². The summed E-state index contributed by atoms with van der Waals surface area (Å²) >= 11 is 0. The van der Waals surface area contributed by atoms with Crippen LogP contribution in [-0.4, -0.2) is 34.5 Å². The van der Waals surface area contributed by atoms with Crippen LogP contribution in [-0.2, 0) is 11.3 Å². The summed E-state index contributed by atoms with van der Waals surface area (Å²) in [5.74, 6) is 0.455. The molecule has 3 rings (SSSR count). The van der Waals surface area contributed by atoms with Crippen molar-refractivity contribution in [2.24, 2.45) is 5.92 Å². The molecule has 0 aliphatic carbocycles. The fourth-order valence-corrected chi connectivity index (χ4v) is 3.31. The van der Waals surface area contributed by atoms with Gasteiger partial charge in [0.05, 0.1) is 18.1 Å². The zero-order valence-corrected chi connectivity index (χ0v) is 17.8. The molecule has 0 aliphatic rings. The number of fused-ring (bicyclic) bond motifs is 1. The van der Waals surface area contributed by atoms with E-state index in [1.807, 2.05) is 42.7 Å². The molecule has 0 saturated heterocycles. The number of amides is 2. The highest BCUT2D eigenvalue weighted by Gasteiger charge is 2.26. The van der Waals surface area contributed by atoms with Gasteiger partial charge >= 0.3 is 0 Å². The van der Waals surface area contributed by atoms with Crippen molar-refractivity contribution in [3.8, 4) is 5.75 Å². The number of ether oxygens (including phenoxy) is 1. The van der Waals surface area contributed by atoms with E-state index in [-0.39, 0.29) is 17.7 Å². The molecule has 0 bridgehead atoms. The summed E-state index contributed by atoms with van der Waals surface area (Å²) in [6.45, 7) is 6.61. The Kier molecular flexibility index (Phi) is 6.72. The highest BCUT2D eigenvalue weighted by molar-refractivity contribution is 6.01. The first-order valence-electron chi connectivity index (χ1n) is 10.2. The third-order valence-electron chi connectivity index (χ3n) is 4.92. The number of imidazole rings is 1. The number of rotatable bonds is 8. The van der Waals surface area contributed by atoms with Crippen molar-refractivity contribution in [1.82, 2.24) is 14.9 Å². The summed E-state index contributed by atoms with van der Waals surface area (Å²) in [4.78, 5) is 30.3. The minimum absolute atomic E-state index is 0.101. The Labute approximate surface area is 176 Å². The molecule has 0 saturated carbocycles. The molecule has 7 heteroatoms. The second-order valence-electron chi connectivity index (χ2n) is 7.49. The van der Waals surface area contributed by atoms with Crippen LogP contribution in [0, 0.1) is 5.92 Å². The van der Waals surface area contributed by atoms with Gasteiger partial charge in [-0.25, -0.2) is 4.98 Å². The summed E-state index contributed by atoms with van der Waals surface area (Å²) in [6.07, 6.45) is 0.908. The Morgan fingerprint density at radius 2 is 1.80 bits per heavy atom. The van der Waals surface area contributed by atoms with Gasteiger partial charge in [-0.05, 0) is 48.7 Å². The Morgan fingerprint density at radius 3 is 2.43 bits per heavy atom. The predicted octanol–water partition coefficient (Wildman–Crippen LogP) is 3.85. The first-order valence-corrected chi connectivity index (χ1v) is 10.2. The highest BCUT2D eigenvalue weighted by Crippen LogP contribution is 2.21. The average Bonchev–Trinajstić information content (AvgIpc) is 3.09. The van der Waals surface area contributed by atoms with Gasteiger partial charge in [-0.1, -0.05) is 32.9 Å². The Balaban J connectivity index is 1.79. The van der Waals surface area contributed by atoms with Gasteiger partial charge in [-0.2, -0.15) is 0 Å². The maximum atomic E-state index is 13.1. The summed E-state index contributed by atoms with van der Waals surface area (Å²) in [7, 11) is 1.57. The number of hydrogen-bond acceptors (Lipinski definition) is 4. The van der Waals surface area contributed by atoms with Crippen LogP contribution in [0.3, 0.4) is 0 Å². The lowest BCUT2D eigenvalue weighted by Crippen LogP contribution is -2.47. The molecule has 0 aliphatic heterocycles. The molecule has 3 aromatic rings. The highest BCUT2D eigenvalue weighted by atomic mass is 16.5. The molecule has 0 unspecified atom stereocenters. The molecular weight excluding hydrogens is 380 g/mol. The lowest BCUT2D eigenvalue weighted by atomic mass is 10.0. The van der Waals surface area contributed by atoms with Gasteiger partial charge in [-0.3, -0.25) is 14.9 Å². The van der Waals surface area contributed by atoms with Gasteiger partial charge in [0.15, 0.2) is 0 Å². The van der Waals surface area contributed by atoms with Gasteiger partial charge in [-0.15, -0.1) is 0 Å². The van der Waals surface area contributed by atoms with E-state index in [4.69, 9.17) is 4.74 Å². The summed E-state index contributed by atoms with van der Waals surface area (Å²) in [6, 6.07) is 13.8. The molecule has 158 valence electrons. The quantitative estimate of drug-likeness (QED) is 0.593. The fourth-order valence-electron chi connectivity index (χ4n) is 3.31. The van der Waals surface area contributed by atoms with E-state index < -0.39 is 6.04 Å². The van der Waals surface area contributed by atoms with Gasteiger partial charge in [0.2, 0.25) is 11.9 Å². The van der Waals surface area contributed by atoms with Crippen LogP contribution in [0.15, 0.2) is 48.5 Å². The second-order valence-corrected chi connectivity index (χ2v) is 7.49. The van der Waals surface area contributed by atoms with E-state index in [1.54, 1.807) is 31.4 Å². The van der Waals surface area contributed by atoms with Crippen molar-refractivity contribution in [3.63, 3.8) is 0 Å². The summed E-state index contributed by atoms with van der Waals surface area (Å²) in [5.41, 5.74) is 2.26. The van der Waals surface area contributed by atoms with Crippen LogP contribution in [0.2, 0.25) is 0 Å². The van der Waals surface area contributed by atoms with Crippen LogP contribution in [0.25, 0.3) is 11.0 Å². The molecule has 1 atom stereocenters. The van der Waals surface area contributed by atoms with E-state index in [0.717, 1.165) is 24.0 Å².